The molecule has 1 fully saturated rings. The minimum Gasteiger partial charge on any atom is -0.383 e. The van der Waals surface area contributed by atoms with Gasteiger partial charge in [0.15, 0.2) is 0 Å². The summed E-state index contributed by atoms with van der Waals surface area (Å²) >= 11 is 0. The Labute approximate surface area is 139 Å². The molecule has 0 unspecified atom stereocenters. The van der Waals surface area contributed by atoms with E-state index in [0.29, 0.717) is 6.54 Å². The number of amides is 1. The Morgan fingerprint density at radius 1 is 1.17 bits per heavy atom. The fraction of sp³-hybridized carbons (Fsp3) is 0.611. The van der Waals surface area contributed by atoms with Gasteiger partial charge in [-0.1, -0.05) is 30.3 Å². The van der Waals surface area contributed by atoms with Crippen LogP contribution in [-0.2, 0) is 9.53 Å². The normalized spacial score (nSPS) is 17.9. The number of likely N-dealkylation sites (N-methyl/N-ethyl adjacent to an activating group) is 1. The van der Waals surface area contributed by atoms with E-state index >= 15 is 0 Å². The molecule has 5 heteroatoms. The summed E-state index contributed by atoms with van der Waals surface area (Å²) in [6.45, 7) is 8.25. The Kier molecular flexibility index (Phi) is 7.02. The van der Waals surface area contributed by atoms with E-state index < -0.39 is 0 Å². The van der Waals surface area contributed by atoms with Crippen LogP contribution in [0.2, 0.25) is 0 Å². The highest BCUT2D eigenvalue weighted by atomic mass is 16.5. The van der Waals surface area contributed by atoms with E-state index in [-0.39, 0.29) is 11.9 Å². The van der Waals surface area contributed by atoms with Gasteiger partial charge in [0.1, 0.15) is 0 Å². The third kappa shape index (κ3) is 5.30. The van der Waals surface area contributed by atoms with Crippen LogP contribution < -0.4 is 0 Å². The van der Waals surface area contributed by atoms with Crippen molar-refractivity contribution in [1.82, 2.24) is 14.7 Å². The van der Waals surface area contributed by atoms with Gasteiger partial charge in [0.05, 0.1) is 19.2 Å². The van der Waals surface area contributed by atoms with Crippen LogP contribution in [0, 0.1) is 0 Å². The predicted molar refractivity (Wildman–Crippen MR) is 92.4 cm³/mol. The Morgan fingerprint density at radius 3 is 2.39 bits per heavy atom. The van der Waals surface area contributed by atoms with Gasteiger partial charge in [-0.2, -0.15) is 0 Å². The van der Waals surface area contributed by atoms with Crippen molar-refractivity contribution in [3.63, 3.8) is 0 Å². The summed E-state index contributed by atoms with van der Waals surface area (Å²) < 4.78 is 5.12. The minimum atomic E-state index is 0.103. The molecule has 5 nitrogen and oxygen atoms in total. The molecule has 0 bridgehead atoms. The third-order valence-electron chi connectivity index (χ3n) is 4.69. The van der Waals surface area contributed by atoms with E-state index in [2.05, 4.69) is 28.9 Å². The van der Waals surface area contributed by atoms with Crippen molar-refractivity contribution in [3.8, 4) is 0 Å². The van der Waals surface area contributed by atoms with Gasteiger partial charge in [-0.25, -0.2) is 0 Å². The zero-order chi connectivity index (χ0) is 16.7. The Bertz CT molecular complexity index is 472. The van der Waals surface area contributed by atoms with E-state index in [4.69, 9.17) is 4.74 Å². The lowest BCUT2D eigenvalue weighted by molar-refractivity contribution is -0.133. The van der Waals surface area contributed by atoms with Crippen molar-refractivity contribution in [3.05, 3.63) is 35.9 Å². The number of hydrogen-bond donors (Lipinski definition) is 0. The SMILES string of the molecule is COCCN1CCN(CC(=O)N(C)[C@H](C)c2ccccc2)CC1. The number of hydrogen-bond acceptors (Lipinski definition) is 4. The molecule has 0 aliphatic carbocycles. The zero-order valence-corrected chi connectivity index (χ0v) is 14.6. The molecule has 2 rings (SSSR count). The van der Waals surface area contributed by atoms with Crippen LogP contribution >= 0.6 is 0 Å². The summed E-state index contributed by atoms with van der Waals surface area (Å²) in [7, 11) is 3.63. The van der Waals surface area contributed by atoms with Crippen molar-refractivity contribution in [2.75, 3.05) is 60.0 Å². The molecule has 1 aliphatic rings. The summed E-state index contributed by atoms with van der Waals surface area (Å²) in [6, 6.07) is 10.3. The topological polar surface area (TPSA) is 36.0 Å². The highest BCUT2D eigenvalue weighted by molar-refractivity contribution is 5.78. The molecule has 128 valence electrons. The van der Waals surface area contributed by atoms with Gasteiger partial charge >= 0.3 is 0 Å². The molecule has 1 aromatic rings. The molecule has 0 saturated carbocycles. The molecule has 23 heavy (non-hydrogen) atoms. The van der Waals surface area contributed by atoms with Crippen LogP contribution in [0.5, 0.6) is 0 Å². The van der Waals surface area contributed by atoms with E-state index in [0.717, 1.165) is 39.3 Å². The first-order chi connectivity index (χ1) is 11.1. The number of benzene rings is 1. The van der Waals surface area contributed by atoms with Crippen LogP contribution in [0.3, 0.4) is 0 Å². The number of carbonyl (C=O) groups excluding carboxylic acids is 1. The largest absolute Gasteiger partial charge is 0.383 e. The first-order valence-corrected chi connectivity index (χ1v) is 8.36. The minimum absolute atomic E-state index is 0.103. The average Bonchev–Trinajstić information content (AvgIpc) is 2.60. The van der Waals surface area contributed by atoms with Crippen molar-refractivity contribution in [2.45, 2.75) is 13.0 Å². The first kappa shape index (κ1) is 17.9. The third-order valence-corrected chi connectivity index (χ3v) is 4.69. The summed E-state index contributed by atoms with van der Waals surface area (Å²) in [5, 5.41) is 0. The molecule has 0 spiro atoms. The van der Waals surface area contributed by atoms with Gasteiger partial charge < -0.3 is 9.64 Å². The van der Waals surface area contributed by atoms with Gasteiger partial charge in [0.25, 0.3) is 0 Å². The fourth-order valence-corrected chi connectivity index (χ4v) is 2.87. The molecule has 1 aliphatic heterocycles. The number of rotatable bonds is 7. The smallest absolute Gasteiger partial charge is 0.236 e. The second-order valence-electron chi connectivity index (χ2n) is 6.20. The van der Waals surface area contributed by atoms with Crippen LogP contribution in [-0.4, -0.2) is 80.6 Å². The fourth-order valence-electron chi connectivity index (χ4n) is 2.87. The van der Waals surface area contributed by atoms with Gasteiger partial charge in [-0.3, -0.25) is 14.6 Å². The number of carbonyl (C=O) groups is 1. The maximum absolute atomic E-state index is 12.5. The van der Waals surface area contributed by atoms with E-state index in [1.54, 1.807) is 7.11 Å². The quantitative estimate of drug-likeness (QED) is 0.762. The predicted octanol–water partition coefficient (Wildman–Crippen LogP) is 1.47. The monoisotopic (exact) mass is 319 g/mol. The lowest BCUT2D eigenvalue weighted by atomic mass is 10.1. The van der Waals surface area contributed by atoms with E-state index in [1.807, 2.05) is 30.1 Å². The van der Waals surface area contributed by atoms with Gasteiger partial charge in [-0.15, -0.1) is 0 Å². The lowest BCUT2D eigenvalue weighted by Crippen LogP contribution is -2.50. The van der Waals surface area contributed by atoms with E-state index in [9.17, 15) is 4.79 Å². The summed E-state index contributed by atoms with van der Waals surface area (Å²) in [5.41, 5.74) is 1.17. The molecule has 0 radical (unpaired) electrons. The molecule has 0 N–H and O–H groups in total. The van der Waals surface area contributed by atoms with Crippen molar-refractivity contribution in [2.24, 2.45) is 0 Å². The second-order valence-corrected chi connectivity index (χ2v) is 6.20. The lowest BCUT2D eigenvalue weighted by Gasteiger charge is -2.35. The number of methoxy groups -OCH3 is 1. The second kappa shape index (κ2) is 9.01. The van der Waals surface area contributed by atoms with Crippen molar-refractivity contribution >= 4 is 5.91 Å². The maximum atomic E-state index is 12.5. The molecule has 1 saturated heterocycles. The molecule has 1 amide bonds. The molecule has 1 atom stereocenters. The summed E-state index contributed by atoms with van der Waals surface area (Å²) in [6.07, 6.45) is 0. The molecule has 1 heterocycles. The Hall–Kier alpha value is -1.43. The Balaban J connectivity index is 1.78. The van der Waals surface area contributed by atoms with Crippen molar-refractivity contribution < 1.29 is 9.53 Å². The van der Waals surface area contributed by atoms with Gasteiger partial charge in [-0.05, 0) is 12.5 Å². The van der Waals surface area contributed by atoms with Crippen molar-refractivity contribution in [1.29, 1.82) is 0 Å². The zero-order valence-electron chi connectivity index (χ0n) is 14.6. The first-order valence-electron chi connectivity index (χ1n) is 8.36. The van der Waals surface area contributed by atoms with Gasteiger partial charge in [0, 0.05) is 46.9 Å². The van der Waals surface area contributed by atoms with Crippen LogP contribution in [0.25, 0.3) is 0 Å². The standard InChI is InChI=1S/C18H29N3O2/c1-16(17-7-5-4-6-8-17)19(2)18(22)15-21-11-9-20(10-12-21)13-14-23-3/h4-8,16H,9-15H2,1-3H3/t16-/m1/s1. The Morgan fingerprint density at radius 2 is 1.78 bits per heavy atom. The maximum Gasteiger partial charge on any atom is 0.236 e. The highest BCUT2D eigenvalue weighted by Crippen LogP contribution is 2.18. The number of nitrogens with zero attached hydrogens (tertiary/aromatic N) is 3. The summed E-state index contributed by atoms with van der Waals surface area (Å²) in [4.78, 5) is 19.0. The molecule has 0 aromatic heterocycles. The molecule has 1 aromatic carbocycles. The number of piperazine rings is 1. The van der Waals surface area contributed by atoms with Crippen LogP contribution in [0.1, 0.15) is 18.5 Å². The average molecular weight is 319 g/mol. The summed E-state index contributed by atoms with van der Waals surface area (Å²) in [5.74, 6) is 0.187. The molecular formula is C18H29N3O2. The van der Waals surface area contributed by atoms with E-state index in [1.165, 1.54) is 5.56 Å². The van der Waals surface area contributed by atoms with Crippen LogP contribution in [0.4, 0.5) is 0 Å². The highest BCUT2D eigenvalue weighted by Gasteiger charge is 2.22. The number of ether oxygens (including phenoxy) is 1. The molecular weight excluding hydrogens is 290 g/mol. The van der Waals surface area contributed by atoms with Gasteiger partial charge in [0.2, 0.25) is 5.91 Å². The van der Waals surface area contributed by atoms with Crippen LogP contribution in [0.15, 0.2) is 30.3 Å².